The van der Waals surface area contributed by atoms with Gasteiger partial charge in [-0.1, -0.05) is 26.7 Å². The third-order valence-electron chi connectivity index (χ3n) is 3.15. The first-order valence-electron chi connectivity index (χ1n) is 6.00. The van der Waals surface area contributed by atoms with Crippen LogP contribution in [0.4, 0.5) is 0 Å². The molecule has 1 amide bonds. The third-order valence-corrected chi connectivity index (χ3v) is 3.38. The van der Waals surface area contributed by atoms with E-state index in [1.165, 1.54) is 25.7 Å². The Kier molecular flexibility index (Phi) is 5.44. The first kappa shape index (κ1) is 12.8. The molecule has 15 heavy (non-hydrogen) atoms. The van der Waals surface area contributed by atoms with Gasteiger partial charge in [-0.15, -0.1) is 11.6 Å². The fourth-order valence-electron chi connectivity index (χ4n) is 2.20. The summed E-state index contributed by atoms with van der Waals surface area (Å²) in [5.74, 6) is 0.899. The van der Waals surface area contributed by atoms with Crippen molar-refractivity contribution in [3.8, 4) is 0 Å². The number of carbonyl (C=O) groups is 1. The minimum absolute atomic E-state index is 0.115. The first-order chi connectivity index (χ1) is 7.15. The van der Waals surface area contributed by atoms with Gasteiger partial charge >= 0.3 is 0 Å². The standard InChI is InChI=1S/C12H22ClNO/c1-10(2)7-8-14(12(15)9-13)11-5-3-4-6-11/h10-11H,3-9H2,1-2H3. The van der Waals surface area contributed by atoms with E-state index in [-0.39, 0.29) is 11.8 Å². The van der Waals surface area contributed by atoms with Crippen LogP contribution >= 0.6 is 11.6 Å². The van der Waals surface area contributed by atoms with Crippen LogP contribution in [-0.4, -0.2) is 29.3 Å². The van der Waals surface area contributed by atoms with Crippen LogP contribution in [0.2, 0.25) is 0 Å². The third kappa shape index (κ3) is 4.02. The van der Waals surface area contributed by atoms with E-state index in [0.717, 1.165) is 13.0 Å². The van der Waals surface area contributed by atoms with Gasteiger partial charge in [0.2, 0.25) is 5.91 Å². The summed E-state index contributed by atoms with van der Waals surface area (Å²) in [5.41, 5.74) is 0. The molecule has 1 rings (SSSR count). The fourth-order valence-corrected chi connectivity index (χ4v) is 2.35. The maximum atomic E-state index is 11.7. The van der Waals surface area contributed by atoms with E-state index in [4.69, 9.17) is 11.6 Å². The summed E-state index contributed by atoms with van der Waals surface area (Å²) in [6, 6.07) is 0.468. The van der Waals surface area contributed by atoms with Crippen molar-refractivity contribution >= 4 is 17.5 Å². The molecule has 1 fully saturated rings. The number of carbonyl (C=O) groups excluding carboxylic acids is 1. The molecule has 0 saturated heterocycles. The molecule has 0 aromatic rings. The zero-order valence-corrected chi connectivity index (χ0v) is 10.6. The van der Waals surface area contributed by atoms with Crippen molar-refractivity contribution in [2.45, 2.75) is 52.0 Å². The van der Waals surface area contributed by atoms with E-state index >= 15 is 0 Å². The van der Waals surface area contributed by atoms with Gasteiger partial charge in [-0.05, 0) is 25.2 Å². The Morgan fingerprint density at radius 1 is 1.40 bits per heavy atom. The predicted octanol–water partition coefficient (Wildman–Crippen LogP) is 3.04. The van der Waals surface area contributed by atoms with Gasteiger partial charge in [0.15, 0.2) is 0 Å². The van der Waals surface area contributed by atoms with Crippen molar-refractivity contribution in [3.05, 3.63) is 0 Å². The molecule has 0 aromatic carbocycles. The molecule has 1 aliphatic rings. The summed E-state index contributed by atoms with van der Waals surface area (Å²) in [4.78, 5) is 13.7. The fraction of sp³-hybridized carbons (Fsp3) is 0.917. The Balaban J connectivity index is 2.48. The number of alkyl halides is 1. The van der Waals surface area contributed by atoms with Gasteiger partial charge in [0.1, 0.15) is 5.88 Å². The molecule has 0 atom stereocenters. The van der Waals surface area contributed by atoms with Crippen LogP contribution in [0.5, 0.6) is 0 Å². The topological polar surface area (TPSA) is 20.3 Å². The molecule has 0 aliphatic heterocycles. The summed E-state index contributed by atoms with van der Waals surface area (Å²) >= 11 is 5.65. The van der Waals surface area contributed by atoms with Crippen molar-refractivity contribution in [1.29, 1.82) is 0 Å². The molecule has 2 nitrogen and oxygen atoms in total. The van der Waals surface area contributed by atoms with E-state index in [2.05, 4.69) is 13.8 Å². The van der Waals surface area contributed by atoms with Gasteiger partial charge in [0.25, 0.3) is 0 Å². The average Bonchev–Trinajstić information content (AvgIpc) is 2.70. The zero-order valence-electron chi connectivity index (χ0n) is 9.84. The van der Waals surface area contributed by atoms with Crippen LogP contribution < -0.4 is 0 Å². The number of amides is 1. The van der Waals surface area contributed by atoms with E-state index in [9.17, 15) is 4.79 Å². The lowest BCUT2D eigenvalue weighted by atomic mass is 10.1. The van der Waals surface area contributed by atoms with Crippen LogP contribution in [0, 0.1) is 5.92 Å². The Bertz CT molecular complexity index is 200. The largest absolute Gasteiger partial charge is 0.339 e. The number of rotatable bonds is 5. The second-order valence-electron chi connectivity index (χ2n) is 4.84. The smallest absolute Gasteiger partial charge is 0.237 e. The molecule has 0 aromatic heterocycles. The summed E-state index contributed by atoms with van der Waals surface area (Å²) in [7, 11) is 0. The molecule has 88 valence electrons. The van der Waals surface area contributed by atoms with Crippen molar-refractivity contribution < 1.29 is 4.79 Å². The maximum Gasteiger partial charge on any atom is 0.237 e. The molecule has 0 bridgehead atoms. The lowest BCUT2D eigenvalue weighted by molar-refractivity contribution is -0.130. The maximum absolute atomic E-state index is 11.7. The van der Waals surface area contributed by atoms with Gasteiger partial charge in [-0.2, -0.15) is 0 Å². The second kappa shape index (κ2) is 6.37. The van der Waals surface area contributed by atoms with E-state index < -0.39 is 0 Å². The van der Waals surface area contributed by atoms with Crippen LogP contribution in [-0.2, 0) is 4.79 Å². The number of halogens is 1. The van der Waals surface area contributed by atoms with E-state index in [1.54, 1.807) is 0 Å². The second-order valence-corrected chi connectivity index (χ2v) is 5.11. The molecule has 3 heteroatoms. The molecule has 0 unspecified atom stereocenters. The highest BCUT2D eigenvalue weighted by Crippen LogP contribution is 2.24. The van der Waals surface area contributed by atoms with Gasteiger partial charge < -0.3 is 4.90 Å². The first-order valence-corrected chi connectivity index (χ1v) is 6.54. The molecule has 0 spiro atoms. The van der Waals surface area contributed by atoms with Crippen molar-refractivity contribution in [3.63, 3.8) is 0 Å². The van der Waals surface area contributed by atoms with Crippen molar-refractivity contribution in [2.75, 3.05) is 12.4 Å². The van der Waals surface area contributed by atoms with Gasteiger partial charge in [-0.25, -0.2) is 0 Å². The quantitative estimate of drug-likeness (QED) is 0.666. The van der Waals surface area contributed by atoms with Crippen LogP contribution in [0.25, 0.3) is 0 Å². The van der Waals surface area contributed by atoms with Crippen LogP contribution in [0.1, 0.15) is 46.0 Å². The summed E-state index contributed by atoms with van der Waals surface area (Å²) in [5, 5.41) is 0. The highest BCUT2D eigenvalue weighted by Gasteiger charge is 2.25. The normalized spacial score (nSPS) is 17.3. The summed E-state index contributed by atoms with van der Waals surface area (Å²) in [6.07, 6.45) is 5.94. The monoisotopic (exact) mass is 231 g/mol. The van der Waals surface area contributed by atoms with Gasteiger partial charge in [-0.3, -0.25) is 4.79 Å². The Labute approximate surface area is 98.0 Å². The summed E-state index contributed by atoms with van der Waals surface area (Å²) < 4.78 is 0. The highest BCUT2D eigenvalue weighted by atomic mass is 35.5. The van der Waals surface area contributed by atoms with Crippen molar-refractivity contribution in [2.24, 2.45) is 5.92 Å². The van der Waals surface area contributed by atoms with Crippen LogP contribution in [0.15, 0.2) is 0 Å². The van der Waals surface area contributed by atoms with E-state index in [0.29, 0.717) is 12.0 Å². The summed E-state index contributed by atoms with van der Waals surface area (Å²) in [6.45, 7) is 5.27. The Morgan fingerprint density at radius 3 is 2.47 bits per heavy atom. The van der Waals surface area contributed by atoms with Gasteiger partial charge in [0.05, 0.1) is 0 Å². The number of hydrogen-bond acceptors (Lipinski definition) is 1. The van der Waals surface area contributed by atoms with E-state index in [1.807, 2.05) is 4.90 Å². The molecule has 1 aliphatic carbocycles. The molecule has 0 radical (unpaired) electrons. The molecule has 1 saturated carbocycles. The Hall–Kier alpha value is -0.240. The average molecular weight is 232 g/mol. The lowest BCUT2D eigenvalue weighted by Gasteiger charge is -2.29. The number of hydrogen-bond donors (Lipinski definition) is 0. The van der Waals surface area contributed by atoms with Gasteiger partial charge in [0, 0.05) is 12.6 Å². The van der Waals surface area contributed by atoms with Crippen LogP contribution in [0.3, 0.4) is 0 Å². The number of nitrogens with zero attached hydrogens (tertiary/aromatic N) is 1. The van der Waals surface area contributed by atoms with Crippen molar-refractivity contribution in [1.82, 2.24) is 4.90 Å². The highest BCUT2D eigenvalue weighted by molar-refractivity contribution is 6.27. The lowest BCUT2D eigenvalue weighted by Crippen LogP contribution is -2.40. The predicted molar refractivity (Wildman–Crippen MR) is 64.1 cm³/mol. The SMILES string of the molecule is CC(C)CCN(C(=O)CCl)C1CCCC1. The minimum Gasteiger partial charge on any atom is -0.339 e. The Morgan fingerprint density at radius 2 is 2.00 bits per heavy atom. The molecular formula is C12H22ClNO. The zero-order chi connectivity index (χ0) is 11.3. The molecule has 0 N–H and O–H groups in total. The minimum atomic E-state index is 0.115. The molecular weight excluding hydrogens is 210 g/mol. The molecule has 0 heterocycles.